The molecule has 0 spiro atoms. The summed E-state index contributed by atoms with van der Waals surface area (Å²) in [6.07, 6.45) is -2.38. The average molecular weight is 501 g/mol. The highest BCUT2D eigenvalue weighted by Gasteiger charge is 2.16. The van der Waals surface area contributed by atoms with E-state index in [0.717, 1.165) is 0 Å². The van der Waals surface area contributed by atoms with Crippen molar-refractivity contribution in [2.24, 2.45) is 0 Å². The Morgan fingerprint density at radius 3 is 1.33 bits per heavy atom. The predicted octanol–water partition coefficient (Wildman–Crippen LogP) is 2.11. The summed E-state index contributed by atoms with van der Waals surface area (Å²) < 4.78 is 19.7. The first-order chi connectivity index (χ1) is 17.0. The van der Waals surface area contributed by atoms with Crippen molar-refractivity contribution in [3.05, 3.63) is 71.8 Å². The summed E-state index contributed by atoms with van der Waals surface area (Å²) in [7, 11) is 0. The third-order valence-corrected chi connectivity index (χ3v) is 4.64. The molecular weight excluding hydrogens is 472 g/mol. The van der Waals surface area contributed by atoms with Gasteiger partial charge in [0.1, 0.15) is 38.6 Å². The Bertz CT molecular complexity index is 1080. The highest BCUT2D eigenvalue weighted by atomic mass is 16.6. The zero-order valence-electron chi connectivity index (χ0n) is 20.0. The van der Waals surface area contributed by atoms with Gasteiger partial charge in [-0.05, 0) is 48.9 Å². The van der Waals surface area contributed by atoms with Crippen LogP contribution in [-0.2, 0) is 28.5 Å². The molecule has 10 nitrogen and oxygen atoms in total. The van der Waals surface area contributed by atoms with Crippen molar-refractivity contribution in [1.82, 2.24) is 0 Å². The summed E-state index contributed by atoms with van der Waals surface area (Å²) in [6.45, 7) is 8.36. The predicted molar refractivity (Wildman–Crippen MR) is 128 cm³/mol. The molecule has 0 aliphatic rings. The van der Waals surface area contributed by atoms with Crippen LogP contribution in [0.2, 0.25) is 0 Å². The van der Waals surface area contributed by atoms with Crippen molar-refractivity contribution < 1.29 is 48.3 Å². The molecule has 2 aromatic carbocycles. The lowest BCUT2D eigenvalue weighted by molar-refractivity contribution is -0.143. The molecule has 0 bridgehead atoms. The minimum atomic E-state index is -1.19. The van der Waals surface area contributed by atoms with E-state index in [1.54, 1.807) is 24.3 Å². The Labute approximate surface area is 207 Å². The van der Waals surface area contributed by atoms with Crippen LogP contribution >= 0.6 is 0 Å². The second-order valence-electron chi connectivity index (χ2n) is 8.04. The first-order valence-electron chi connectivity index (χ1n) is 10.9. The minimum Gasteiger partial charge on any atom is -0.459 e. The summed E-state index contributed by atoms with van der Waals surface area (Å²) in [5, 5.41) is 20.9. The summed E-state index contributed by atoms with van der Waals surface area (Å²) in [5.74, 6) is -2.68. The molecule has 2 unspecified atom stereocenters. The van der Waals surface area contributed by atoms with Crippen molar-refractivity contribution in [2.75, 3.05) is 26.4 Å². The van der Waals surface area contributed by atoms with E-state index in [1.165, 1.54) is 26.0 Å². The monoisotopic (exact) mass is 500 g/mol. The van der Waals surface area contributed by atoms with Gasteiger partial charge in [0.05, 0.1) is 11.1 Å². The van der Waals surface area contributed by atoms with Crippen molar-refractivity contribution in [3.8, 4) is 0 Å². The van der Waals surface area contributed by atoms with Crippen LogP contribution in [0.4, 0.5) is 0 Å². The van der Waals surface area contributed by atoms with E-state index < -0.39 is 36.1 Å². The SMILES string of the molecule is C=C(C)C(=O)OCC(O)COC(=O)c1ccc2cc(C(=O)OCC(O)COC(=O)C(=C)C)ccc2c1. The van der Waals surface area contributed by atoms with Crippen LogP contribution in [0.3, 0.4) is 0 Å². The van der Waals surface area contributed by atoms with E-state index in [-0.39, 0.29) is 48.7 Å². The van der Waals surface area contributed by atoms with Crippen LogP contribution in [0, 0.1) is 0 Å². The summed E-state index contributed by atoms with van der Waals surface area (Å²) in [6, 6.07) is 9.32. The number of ether oxygens (including phenoxy) is 4. The van der Waals surface area contributed by atoms with Crippen molar-refractivity contribution in [1.29, 1.82) is 0 Å². The molecule has 0 aliphatic heterocycles. The second-order valence-corrected chi connectivity index (χ2v) is 8.04. The van der Waals surface area contributed by atoms with Crippen LogP contribution in [0.25, 0.3) is 10.8 Å². The Balaban J connectivity index is 1.90. The highest BCUT2D eigenvalue weighted by Crippen LogP contribution is 2.19. The zero-order valence-corrected chi connectivity index (χ0v) is 20.0. The van der Waals surface area contributed by atoms with Crippen LogP contribution in [0.5, 0.6) is 0 Å². The lowest BCUT2D eigenvalue weighted by Crippen LogP contribution is -2.25. The number of hydrogen-bond donors (Lipinski definition) is 2. The van der Waals surface area contributed by atoms with Gasteiger partial charge in [-0.3, -0.25) is 0 Å². The fourth-order valence-electron chi connectivity index (χ4n) is 2.70. The number of fused-ring (bicyclic) bond motifs is 1. The number of benzene rings is 2. The largest absolute Gasteiger partial charge is 0.459 e. The molecular formula is C26H28O10. The molecule has 0 radical (unpaired) electrons. The van der Waals surface area contributed by atoms with Crippen LogP contribution in [-0.4, -0.2) is 72.7 Å². The molecule has 2 N–H and O–H groups in total. The van der Waals surface area contributed by atoms with Crippen LogP contribution in [0.15, 0.2) is 60.7 Å². The second kappa shape index (κ2) is 13.2. The van der Waals surface area contributed by atoms with Gasteiger partial charge in [-0.1, -0.05) is 25.3 Å². The van der Waals surface area contributed by atoms with E-state index in [1.807, 2.05) is 0 Å². The fraction of sp³-hybridized carbons (Fsp3) is 0.308. The van der Waals surface area contributed by atoms with Gasteiger partial charge >= 0.3 is 23.9 Å². The van der Waals surface area contributed by atoms with E-state index in [9.17, 15) is 29.4 Å². The Morgan fingerprint density at radius 1 is 0.667 bits per heavy atom. The number of hydrogen-bond acceptors (Lipinski definition) is 10. The standard InChI is InChI=1S/C26H28O10/c1-15(2)23(29)33-11-21(27)13-35-25(31)19-7-5-18-10-20(8-6-17(18)9-19)26(32)36-14-22(28)12-34-24(30)16(3)4/h5-10,21-22,27-28H,1,3,11-14H2,2,4H3. The fourth-order valence-corrected chi connectivity index (χ4v) is 2.70. The van der Waals surface area contributed by atoms with Gasteiger partial charge in [0, 0.05) is 11.1 Å². The van der Waals surface area contributed by atoms with Gasteiger partial charge in [0.15, 0.2) is 0 Å². The molecule has 0 saturated heterocycles. The maximum absolute atomic E-state index is 12.3. The molecule has 0 fully saturated rings. The smallest absolute Gasteiger partial charge is 0.338 e. The van der Waals surface area contributed by atoms with Crippen molar-refractivity contribution >= 4 is 34.6 Å². The summed E-state index contributed by atoms with van der Waals surface area (Å²) in [4.78, 5) is 47.3. The molecule has 10 heteroatoms. The molecule has 0 saturated carbocycles. The lowest BCUT2D eigenvalue weighted by Gasteiger charge is -2.13. The maximum atomic E-state index is 12.3. The zero-order chi connectivity index (χ0) is 26.8. The van der Waals surface area contributed by atoms with Gasteiger partial charge in [-0.25, -0.2) is 19.2 Å². The molecule has 0 amide bonds. The first-order valence-corrected chi connectivity index (χ1v) is 10.9. The molecule has 0 aliphatic carbocycles. The third kappa shape index (κ3) is 8.64. The minimum absolute atomic E-state index is 0.186. The van der Waals surface area contributed by atoms with E-state index >= 15 is 0 Å². The normalized spacial score (nSPS) is 12.2. The molecule has 0 aromatic heterocycles. The maximum Gasteiger partial charge on any atom is 0.338 e. The molecule has 36 heavy (non-hydrogen) atoms. The van der Waals surface area contributed by atoms with E-state index in [0.29, 0.717) is 10.8 Å². The number of aliphatic hydroxyl groups excluding tert-OH is 2. The molecule has 2 aromatic rings. The van der Waals surface area contributed by atoms with E-state index in [2.05, 4.69) is 13.2 Å². The topological polar surface area (TPSA) is 146 Å². The number of carbonyl (C=O) groups excluding carboxylic acids is 4. The van der Waals surface area contributed by atoms with Crippen LogP contribution < -0.4 is 0 Å². The third-order valence-electron chi connectivity index (χ3n) is 4.64. The van der Waals surface area contributed by atoms with Crippen LogP contribution in [0.1, 0.15) is 34.6 Å². The van der Waals surface area contributed by atoms with Gasteiger partial charge in [0.2, 0.25) is 0 Å². The average Bonchev–Trinajstić information content (AvgIpc) is 2.86. The highest BCUT2D eigenvalue weighted by molar-refractivity contribution is 5.99. The molecule has 192 valence electrons. The van der Waals surface area contributed by atoms with Gasteiger partial charge in [0.25, 0.3) is 0 Å². The Hall–Kier alpha value is -4.02. The van der Waals surface area contributed by atoms with Crippen molar-refractivity contribution in [3.63, 3.8) is 0 Å². The van der Waals surface area contributed by atoms with Crippen molar-refractivity contribution in [2.45, 2.75) is 26.1 Å². The molecule has 2 atom stereocenters. The lowest BCUT2D eigenvalue weighted by atomic mass is 10.0. The number of rotatable bonds is 12. The van der Waals surface area contributed by atoms with E-state index in [4.69, 9.17) is 18.9 Å². The van der Waals surface area contributed by atoms with Gasteiger partial charge in [-0.2, -0.15) is 0 Å². The Morgan fingerprint density at radius 2 is 1.00 bits per heavy atom. The number of carbonyl (C=O) groups is 4. The molecule has 0 heterocycles. The Kier molecular flexibility index (Phi) is 10.3. The quantitative estimate of drug-likeness (QED) is 0.252. The first kappa shape index (κ1) is 28.2. The molecule has 2 rings (SSSR count). The van der Waals surface area contributed by atoms with Gasteiger partial charge < -0.3 is 29.2 Å². The number of esters is 4. The number of aliphatic hydroxyl groups is 2. The summed E-state index contributed by atoms with van der Waals surface area (Å²) >= 11 is 0. The summed E-state index contributed by atoms with van der Waals surface area (Å²) in [5.41, 5.74) is 0.810. The van der Waals surface area contributed by atoms with Gasteiger partial charge in [-0.15, -0.1) is 0 Å².